The molecule has 1 aliphatic carbocycles. The van der Waals surface area contributed by atoms with Gasteiger partial charge in [-0.05, 0) is 43.4 Å². The molecule has 0 bridgehead atoms. The number of hydrogen-bond acceptors (Lipinski definition) is 10. The van der Waals surface area contributed by atoms with Crippen LogP contribution in [0.25, 0.3) is 0 Å². The second-order valence-corrected chi connectivity index (χ2v) is 10.7. The molecule has 4 aromatic heterocycles. The van der Waals surface area contributed by atoms with Crippen molar-refractivity contribution in [3.8, 4) is 0 Å². The maximum atomic E-state index is 12.3. The van der Waals surface area contributed by atoms with E-state index in [1.54, 1.807) is 17.1 Å². The summed E-state index contributed by atoms with van der Waals surface area (Å²) in [7, 11) is 0. The maximum absolute atomic E-state index is 12.3. The lowest BCUT2D eigenvalue weighted by molar-refractivity contribution is -0.117. The Morgan fingerprint density at radius 3 is 2.67 bits per heavy atom. The molecule has 1 fully saturated rings. The first-order valence-electron chi connectivity index (χ1n) is 11.7. The zero-order valence-electron chi connectivity index (χ0n) is 19.4. The lowest BCUT2D eigenvalue weighted by atomic mass is 10.0. The van der Waals surface area contributed by atoms with Crippen LogP contribution in [-0.4, -0.2) is 47.0 Å². The van der Waals surface area contributed by atoms with E-state index < -0.39 is 0 Å². The van der Waals surface area contributed by atoms with Gasteiger partial charge in [-0.1, -0.05) is 28.7 Å². The average molecular weight is 524 g/mol. The first-order chi connectivity index (χ1) is 17.6. The number of amides is 2. The SMILES string of the molecule is O=C(CCn1cccn1)Nc1nnc(C[C@@H]2CC[C@H](c3nnc(NC(=O)Cc4ccccn4)s3)C2)s1. The van der Waals surface area contributed by atoms with Gasteiger partial charge in [-0.2, -0.15) is 5.10 Å². The highest BCUT2D eigenvalue weighted by molar-refractivity contribution is 7.15. The molecule has 4 heterocycles. The normalized spacial score (nSPS) is 17.2. The molecule has 0 saturated heterocycles. The number of carbonyl (C=O) groups excluding carboxylic acids is 2. The second kappa shape index (κ2) is 11.4. The van der Waals surface area contributed by atoms with Crippen molar-refractivity contribution < 1.29 is 9.59 Å². The molecule has 4 aromatic rings. The fraction of sp³-hybridized carbons (Fsp3) is 0.391. The Morgan fingerprint density at radius 1 is 0.972 bits per heavy atom. The number of pyridine rings is 1. The van der Waals surface area contributed by atoms with Crippen LogP contribution in [0.4, 0.5) is 10.3 Å². The third-order valence-electron chi connectivity index (χ3n) is 5.95. The Balaban J connectivity index is 1.07. The third-order valence-corrected chi connectivity index (χ3v) is 7.81. The number of rotatable bonds is 10. The van der Waals surface area contributed by atoms with Crippen molar-refractivity contribution in [3.63, 3.8) is 0 Å². The minimum atomic E-state index is -0.152. The Labute approximate surface area is 215 Å². The quantitative estimate of drug-likeness (QED) is 0.323. The zero-order valence-corrected chi connectivity index (χ0v) is 21.0. The van der Waals surface area contributed by atoms with E-state index in [0.29, 0.717) is 40.8 Å². The molecule has 1 saturated carbocycles. The van der Waals surface area contributed by atoms with Gasteiger partial charge in [0.1, 0.15) is 10.0 Å². The van der Waals surface area contributed by atoms with E-state index in [1.165, 1.54) is 22.7 Å². The summed E-state index contributed by atoms with van der Waals surface area (Å²) in [6.45, 7) is 0.523. The summed E-state index contributed by atoms with van der Waals surface area (Å²) in [5, 5.41) is 29.6. The lowest BCUT2D eigenvalue weighted by Gasteiger charge is -2.07. The largest absolute Gasteiger partial charge is 0.300 e. The first kappa shape index (κ1) is 24.1. The van der Waals surface area contributed by atoms with Crippen molar-refractivity contribution in [1.82, 2.24) is 35.2 Å². The molecule has 0 radical (unpaired) electrons. The number of aryl methyl sites for hydroxylation is 1. The molecule has 2 N–H and O–H groups in total. The second-order valence-electron chi connectivity index (χ2n) is 8.64. The predicted octanol–water partition coefficient (Wildman–Crippen LogP) is 3.32. The molecule has 1 aliphatic rings. The molecule has 0 unspecified atom stereocenters. The van der Waals surface area contributed by atoms with Crippen molar-refractivity contribution in [2.24, 2.45) is 5.92 Å². The molecule has 0 aromatic carbocycles. The Hall–Kier alpha value is -3.58. The van der Waals surface area contributed by atoms with Gasteiger partial charge in [-0.15, -0.1) is 20.4 Å². The minimum Gasteiger partial charge on any atom is -0.300 e. The van der Waals surface area contributed by atoms with Crippen molar-refractivity contribution in [1.29, 1.82) is 0 Å². The molecule has 11 nitrogen and oxygen atoms in total. The molecular formula is C23H25N9O2S2. The molecule has 5 rings (SSSR count). The van der Waals surface area contributed by atoms with Gasteiger partial charge < -0.3 is 10.6 Å². The number of anilines is 2. The highest BCUT2D eigenvalue weighted by Crippen LogP contribution is 2.41. The fourth-order valence-corrected chi connectivity index (χ4v) is 6.01. The predicted molar refractivity (Wildman–Crippen MR) is 136 cm³/mol. The van der Waals surface area contributed by atoms with E-state index in [-0.39, 0.29) is 18.2 Å². The van der Waals surface area contributed by atoms with Gasteiger partial charge in [0, 0.05) is 49.6 Å². The molecule has 2 amide bonds. The Kier molecular flexibility index (Phi) is 7.67. The molecule has 0 spiro atoms. The summed E-state index contributed by atoms with van der Waals surface area (Å²) in [6.07, 6.45) is 9.62. The highest BCUT2D eigenvalue weighted by atomic mass is 32.1. The van der Waals surface area contributed by atoms with Crippen LogP contribution in [0.3, 0.4) is 0 Å². The van der Waals surface area contributed by atoms with E-state index in [2.05, 4.69) is 41.1 Å². The number of hydrogen-bond donors (Lipinski definition) is 2. The average Bonchev–Trinajstić information content (AvgIpc) is 3.67. The topological polar surface area (TPSA) is 140 Å². The van der Waals surface area contributed by atoms with Crippen molar-refractivity contribution in [3.05, 3.63) is 58.6 Å². The smallest absolute Gasteiger partial charge is 0.232 e. The first-order valence-corrected chi connectivity index (χ1v) is 13.4. The minimum absolute atomic E-state index is 0.103. The highest BCUT2D eigenvalue weighted by Gasteiger charge is 2.29. The van der Waals surface area contributed by atoms with Gasteiger partial charge in [-0.3, -0.25) is 19.3 Å². The van der Waals surface area contributed by atoms with Crippen molar-refractivity contribution in [2.75, 3.05) is 10.6 Å². The lowest BCUT2D eigenvalue weighted by Crippen LogP contribution is -2.14. The number of carbonyl (C=O) groups is 2. The van der Waals surface area contributed by atoms with E-state index in [4.69, 9.17) is 0 Å². The van der Waals surface area contributed by atoms with Crippen LogP contribution >= 0.6 is 22.7 Å². The number of nitrogens with zero attached hydrogens (tertiary/aromatic N) is 7. The molecule has 2 atom stereocenters. The van der Waals surface area contributed by atoms with E-state index >= 15 is 0 Å². The summed E-state index contributed by atoms with van der Waals surface area (Å²) >= 11 is 2.86. The van der Waals surface area contributed by atoms with Crippen LogP contribution in [0.5, 0.6) is 0 Å². The van der Waals surface area contributed by atoms with E-state index in [9.17, 15) is 9.59 Å². The maximum Gasteiger partial charge on any atom is 0.232 e. The van der Waals surface area contributed by atoms with Crippen LogP contribution in [0, 0.1) is 5.92 Å². The third kappa shape index (κ3) is 6.55. The van der Waals surface area contributed by atoms with Crippen LogP contribution in [0.1, 0.15) is 47.3 Å². The summed E-state index contributed by atoms with van der Waals surface area (Å²) in [5.74, 6) is 0.537. The standard InChI is InChI=1S/C23H25N9O2S2/c33-18(7-11-32-10-3-9-25-32)26-22-30-28-20(35-22)13-15-5-6-16(12-15)21-29-31-23(36-21)27-19(34)14-17-4-1-2-8-24-17/h1-4,8-10,15-16H,5-7,11-14H2,(H,26,30,33)(H,27,31,34)/t15-,16+/m1/s1. The van der Waals surface area contributed by atoms with Gasteiger partial charge in [0.05, 0.1) is 6.42 Å². The number of nitrogens with one attached hydrogen (secondary N) is 2. The summed E-state index contributed by atoms with van der Waals surface area (Å²) in [4.78, 5) is 28.6. The van der Waals surface area contributed by atoms with E-state index in [0.717, 1.165) is 35.7 Å². The van der Waals surface area contributed by atoms with Crippen LogP contribution in [-0.2, 0) is 29.0 Å². The Bertz CT molecular complexity index is 1290. The van der Waals surface area contributed by atoms with Gasteiger partial charge in [-0.25, -0.2) is 0 Å². The number of aromatic nitrogens is 7. The van der Waals surface area contributed by atoms with Gasteiger partial charge in [0.2, 0.25) is 22.1 Å². The summed E-state index contributed by atoms with van der Waals surface area (Å²) in [5.41, 5.74) is 0.715. The molecular weight excluding hydrogens is 498 g/mol. The van der Waals surface area contributed by atoms with Gasteiger partial charge in [0.15, 0.2) is 0 Å². The van der Waals surface area contributed by atoms with Crippen molar-refractivity contribution >= 4 is 44.8 Å². The van der Waals surface area contributed by atoms with Crippen LogP contribution < -0.4 is 10.6 Å². The molecule has 0 aliphatic heterocycles. The molecule has 13 heteroatoms. The fourth-order valence-electron chi connectivity index (χ4n) is 4.23. The monoisotopic (exact) mass is 523 g/mol. The van der Waals surface area contributed by atoms with Crippen LogP contribution in [0.15, 0.2) is 42.9 Å². The van der Waals surface area contributed by atoms with Crippen molar-refractivity contribution in [2.45, 2.75) is 51.0 Å². The van der Waals surface area contributed by atoms with Gasteiger partial charge >= 0.3 is 0 Å². The van der Waals surface area contributed by atoms with E-state index in [1.807, 2.05) is 30.5 Å². The molecule has 36 heavy (non-hydrogen) atoms. The van der Waals surface area contributed by atoms with Crippen LogP contribution in [0.2, 0.25) is 0 Å². The summed E-state index contributed by atoms with van der Waals surface area (Å²) < 4.78 is 1.72. The van der Waals surface area contributed by atoms with Gasteiger partial charge in [0.25, 0.3) is 0 Å². The zero-order chi connectivity index (χ0) is 24.7. The Morgan fingerprint density at radius 2 is 1.83 bits per heavy atom. The summed E-state index contributed by atoms with van der Waals surface area (Å²) in [6, 6.07) is 7.33. The molecule has 186 valence electrons.